The molecule has 1 saturated heterocycles. The highest BCUT2D eigenvalue weighted by Gasteiger charge is 2.61. The largest absolute Gasteiger partial charge is 0.447 e. The van der Waals surface area contributed by atoms with E-state index in [0.29, 0.717) is 6.42 Å². The molecule has 12 heteroatoms. The van der Waals surface area contributed by atoms with Gasteiger partial charge in [0.25, 0.3) is 15.7 Å². The van der Waals surface area contributed by atoms with E-state index in [-0.39, 0.29) is 36.7 Å². The number of methoxy groups -OCH3 is 1. The molecule has 2 fully saturated rings. The maximum absolute atomic E-state index is 13.2. The fourth-order valence-corrected chi connectivity index (χ4v) is 6.03. The number of fused-ring (bicyclic) bond motifs is 2. The van der Waals surface area contributed by atoms with Gasteiger partial charge in [0.2, 0.25) is 0 Å². The summed E-state index contributed by atoms with van der Waals surface area (Å²) in [7, 11) is -2.70. The number of para-hydroxylation sites is 1. The summed E-state index contributed by atoms with van der Waals surface area (Å²) >= 11 is 0. The van der Waals surface area contributed by atoms with Gasteiger partial charge in [0.05, 0.1) is 11.0 Å². The zero-order valence-electron chi connectivity index (χ0n) is 16.1. The number of sulfonamides is 1. The topological polar surface area (TPSA) is 137 Å². The number of nitrogens with one attached hydrogen (secondary N) is 1. The third-order valence-corrected chi connectivity index (χ3v) is 7.72. The molecule has 1 aliphatic carbocycles. The average Bonchev–Trinajstić information content (AvgIpc) is 3.26. The van der Waals surface area contributed by atoms with E-state index in [1.165, 1.54) is 31.5 Å². The summed E-state index contributed by atoms with van der Waals surface area (Å²) in [5.41, 5.74) is -1.41. The predicted octanol–water partition coefficient (Wildman–Crippen LogP) is 1.22. The normalized spacial score (nSPS) is 30.2. The molecule has 1 N–H and O–H groups in total. The summed E-state index contributed by atoms with van der Waals surface area (Å²) in [6.45, 7) is 0.0737. The van der Waals surface area contributed by atoms with E-state index >= 15 is 0 Å². The molecular formula is C18H21N3O8S. The van der Waals surface area contributed by atoms with E-state index in [1.54, 1.807) is 6.08 Å². The van der Waals surface area contributed by atoms with E-state index in [4.69, 9.17) is 14.2 Å². The van der Waals surface area contributed by atoms with Crippen LogP contribution in [0.15, 0.2) is 41.4 Å². The Hall–Kier alpha value is -2.70. The molecule has 30 heavy (non-hydrogen) atoms. The van der Waals surface area contributed by atoms with Crippen LogP contribution < -0.4 is 5.32 Å². The van der Waals surface area contributed by atoms with Crippen LogP contribution in [0.25, 0.3) is 0 Å². The quantitative estimate of drug-likeness (QED) is 0.397. The van der Waals surface area contributed by atoms with Crippen molar-refractivity contribution >= 4 is 21.8 Å². The van der Waals surface area contributed by atoms with Crippen LogP contribution in [0, 0.1) is 22.0 Å². The Balaban J connectivity index is 1.67. The van der Waals surface area contributed by atoms with Gasteiger partial charge in [0, 0.05) is 31.8 Å². The van der Waals surface area contributed by atoms with Crippen molar-refractivity contribution in [1.82, 2.24) is 9.62 Å². The van der Waals surface area contributed by atoms with Gasteiger partial charge >= 0.3 is 6.09 Å². The summed E-state index contributed by atoms with van der Waals surface area (Å²) in [4.78, 5) is 22.1. The maximum atomic E-state index is 13.2. The number of amides is 1. The number of benzene rings is 1. The van der Waals surface area contributed by atoms with Crippen LogP contribution in [0.4, 0.5) is 10.5 Å². The van der Waals surface area contributed by atoms with Crippen LogP contribution in [0.5, 0.6) is 0 Å². The van der Waals surface area contributed by atoms with Gasteiger partial charge in [0.15, 0.2) is 4.90 Å². The number of cyclic esters (lactones) is 1. The minimum absolute atomic E-state index is 0.0175. The molecule has 1 spiro atoms. The van der Waals surface area contributed by atoms with E-state index in [1.807, 2.05) is 0 Å². The van der Waals surface area contributed by atoms with Crippen LogP contribution in [0.1, 0.15) is 6.42 Å². The fraction of sp³-hybridized carbons (Fsp3) is 0.500. The van der Waals surface area contributed by atoms with Gasteiger partial charge in [-0.2, -0.15) is 0 Å². The Morgan fingerprint density at radius 3 is 2.83 bits per heavy atom. The lowest BCUT2D eigenvalue weighted by Gasteiger charge is -2.38. The van der Waals surface area contributed by atoms with Gasteiger partial charge in [-0.25, -0.2) is 13.2 Å². The number of nitro groups is 1. The first-order valence-electron chi connectivity index (χ1n) is 9.28. The first kappa shape index (κ1) is 20.6. The number of alkyl carbamates (subject to hydrolysis) is 1. The van der Waals surface area contributed by atoms with Crippen LogP contribution in [-0.2, 0) is 24.2 Å². The molecule has 1 amide bonds. The number of nitrogens with zero attached hydrogens (tertiary/aromatic N) is 2. The molecule has 0 unspecified atom stereocenters. The lowest BCUT2D eigenvalue weighted by Crippen LogP contribution is -2.58. The smallest absolute Gasteiger partial charge is 0.407 e. The predicted molar refractivity (Wildman–Crippen MR) is 102 cm³/mol. The molecule has 4 atom stereocenters. The van der Waals surface area contributed by atoms with Gasteiger partial charge in [-0.1, -0.05) is 18.2 Å². The monoisotopic (exact) mass is 439 g/mol. The molecular weight excluding hydrogens is 418 g/mol. The van der Waals surface area contributed by atoms with Crippen LogP contribution in [-0.4, -0.2) is 62.4 Å². The van der Waals surface area contributed by atoms with Crippen molar-refractivity contribution in [2.24, 2.45) is 11.8 Å². The average molecular weight is 439 g/mol. The number of hydrogen-bond acceptors (Lipinski definition) is 8. The molecule has 0 aromatic heterocycles. The third-order valence-electron chi connectivity index (χ3n) is 5.93. The number of nitro benzene ring substituents is 1. The summed E-state index contributed by atoms with van der Waals surface area (Å²) in [5.74, 6) is -0.403. The van der Waals surface area contributed by atoms with Crippen LogP contribution >= 0.6 is 0 Å². The number of allylic oxidation sites excluding steroid dienone is 1. The van der Waals surface area contributed by atoms with Crippen molar-refractivity contribution in [2.75, 3.05) is 27.1 Å². The SMILES string of the molecule is COCO[C@H]1C[C@H]2C=CN(S(=O)(=O)c3ccccc3[N+](=O)[O-])C[C@H]2[C@]12COC(=O)N2. The van der Waals surface area contributed by atoms with Crippen molar-refractivity contribution in [3.05, 3.63) is 46.7 Å². The van der Waals surface area contributed by atoms with E-state index < -0.39 is 38.4 Å². The van der Waals surface area contributed by atoms with E-state index in [2.05, 4.69) is 5.32 Å². The number of ether oxygens (including phenoxy) is 3. The molecule has 11 nitrogen and oxygen atoms in total. The Labute approximate surface area is 172 Å². The molecule has 162 valence electrons. The first-order chi connectivity index (χ1) is 14.3. The van der Waals surface area contributed by atoms with Gasteiger partial charge in [0.1, 0.15) is 18.9 Å². The van der Waals surface area contributed by atoms with E-state index in [0.717, 1.165) is 10.4 Å². The first-order valence-corrected chi connectivity index (χ1v) is 10.7. The number of rotatable bonds is 6. The second-order valence-electron chi connectivity index (χ2n) is 7.45. The highest BCUT2D eigenvalue weighted by Crippen LogP contribution is 2.48. The maximum Gasteiger partial charge on any atom is 0.407 e. The highest BCUT2D eigenvalue weighted by molar-refractivity contribution is 7.89. The Morgan fingerprint density at radius 2 is 2.17 bits per heavy atom. The van der Waals surface area contributed by atoms with Gasteiger partial charge in [-0.3, -0.25) is 14.4 Å². The van der Waals surface area contributed by atoms with Crippen molar-refractivity contribution < 1.29 is 32.3 Å². The molecule has 1 aromatic carbocycles. The lowest BCUT2D eigenvalue weighted by molar-refractivity contribution is -0.387. The molecule has 0 radical (unpaired) electrons. The highest BCUT2D eigenvalue weighted by atomic mass is 32.2. The van der Waals surface area contributed by atoms with E-state index in [9.17, 15) is 23.3 Å². The minimum atomic E-state index is -4.18. The lowest BCUT2D eigenvalue weighted by atomic mass is 9.82. The van der Waals surface area contributed by atoms with Crippen molar-refractivity contribution in [2.45, 2.75) is 23.0 Å². The van der Waals surface area contributed by atoms with Crippen molar-refractivity contribution in [1.29, 1.82) is 0 Å². The summed E-state index contributed by atoms with van der Waals surface area (Å²) < 4.78 is 43.5. The zero-order valence-corrected chi connectivity index (χ0v) is 16.9. The molecule has 2 aliphatic heterocycles. The number of hydrogen-bond donors (Lipinski definition) is 1. The molecule has 1 saturated carbocycles. The molecule has 1 aromatic rings. The standard InChI is InChI=1S/C18H21N3O8S/c1-27-11-29-16-8-12-6-7-20(9-13(12)18(16)10-28-17(22)19-18)30(25,26)15-5-3-2-4-14(15)21(23)24/h2-7,12-13,16H,8-11H2,1H3,(H,19,22)/t12-,13-,16+,18-/m1/s1. The van der Waals surface area contributed by atoms with Crippen LogP contribution in [0.2, 0.25) is 0 Å². The van der Waals surface area contributed by atoms with Gasteiger partial charge in [-0.05, 0) is 18.4 Å². The number of carbonyl (C=O) groups is 1. The van der Waals surface area contributed by atoms with Crippen LogP contribution in [0.3, 0.4) is 0 Å². The summed E-state index contributed by atoms with van der Waals surface area (Å²) in [6.07, 6.45) is 2.69. The summed E-state index contributed by atoms with van der Waals surface area (Å²) in [6, 6.07) is 5.21. The number of carbonyl (C=O) groups excluding carboxylic acids is 1. The summed E-state index contributed by atoms with van der Waals surface area (Å²) in [5, 5.41) is 14.2. The molecule has 0 bridgehead atoms. The fourth-order valence-electron chi connectivity index (χ4n) is 4.53. The Bertz CT molecular complexity index is 997. The van der Waals surface area contributed by atoms with Gasteiger partial charge < -0.3 is 19.5 Å². The molecule has 2 heterocycles. The molecule has 3 aliphatic rings. The molecule has 4 rings (SSSR count). The van der Waals surface area contributed by atoms with Crippen molar-refractivity contribution in [3.8, 4) is 0 Å². The third kappa shape index (κ3) is 3.20. The Morgan fingerprint density at radius 1 is 1.40 bits per heavy atom. The minimum Gasteiger partial charge on any atom is -0.447 e. The second kappa shape index (κ2) is 7.52. The van der Waals surface area contributed by atoms with Gasteiger partial charge in [-0.15, -0.1) is 0 Å². The zero-order chi connectivity index (χ0) is 21.5. The Kier molecular flexibility index (Phi) is 5.16. The second-order valence-corrected chi connectivity index (χ2v) is 9.31. The van der Waals surface area contributed by atoms with Crippen molar-refractivity contribution in [3.63, 3.8) is 0 Å².